The van der Waals surface area contributed by atoms with E-state index < -0.39 is 0 Å². The molecule has 4 nitrogen and oxygen atoms in total. The van der Waals surface area contributed by atoms with Crippen LogP contribution >= 0.6 is 0 Å². The largest absolute Gasteiger partial charge is 0.395 e. The van der Waals surface area contributed by atoms with Gasteiger partial charge in [-0.15, -0.1) is 0 Å². The van der Waals surface area contributed by atoms with E-state index in [1.54, 1.807) is 0 Å². The Morgan fingerprint density at radius 3 is 2.37 bits per heavy atom. The minimum Gasteiger partial charge on any atom is -0.395 e. The number of hydrogen-bond acceptors (Lipinski definition) is 3. The molecule has 0 aromatic rings. The third-order valence-electron chi connectivity index (χ3n) is 3.94. The van der Waals surface area contributed by atoms with Crippen molar-refractivity contribution in [3.63, 3.8) is 0 Å². The Balaban J connectivity index is 2.50. The molecule has 0 spiro atoms. The van der Waals surface area contributed by atoms with Gasteiger partial charge in [-0.3, -0.25) is 9.69 Å². The van der Waals surface area contributed by atoms with Gasteiger partial charge in [0.2, 0.25) is 5.91 Å². The van der Waals surface area contributed by atoms with Crippen LogP contribution in [0.2, 0.25) is 0 Å². The van der Waals surface area contributed by atoms with Crippen LogP contribution in [-0.2, 0) is 4.79 Å². The standard InChI is InChI=1S/C15H30N2O2/c1-3-6-14(7-4-2)15(19)17-9-5-8-16(10-11-17)12-13-18/h14,18H,3-13H2,1-2H3. The molecule has 0 aliphatic carbocycles. The summed E-state index contributed by atoms with van der Waals surface area (Å²) in [6, 6.07) is 0. The Morgan fingerprint density at radius 1 is 1.11 bits per heavy atom. The summed E-state index contributed by atoms with van der Waals surface area (Å²) in [5.74, 6) is 0.578. The SMILES string of the molecule is CCCC(CCC)C(=O)N1CCCN(CCO)CC1. The number of carbonyl (C=O) groups is 1. The summed E-state index contributed by atoms with van der Waals surface area (Å²) in [7, 11) is 0. The van der Waals surface area contributed by atoms with Gasteiger partial charge < -0.3 is 10.0 Å². The highest BCUT2D eigenvalue weighted by Crippen LogP contribution is 2.18. The van der Waals surface area contributed by atoms with Crippen LogP contribution in [0.4, 0.5) is 0 Å². The number of aliphatic hydroxyl groups excluding tert-OH is 1. The van der Waals surface area contributed by atoms with Crippen molar-refractivity contribution in [2.45, 2.75) is 46.0 Å². The molecule has 0 atom stereocenters. The van der Waals surface area contributed by atoms with Crippen LogP contribution in [0.15, 0.2) is 0 Å². The average Bonchev–Trinajstić information content (AvgIpc) is 2.64. The fourth-order valence-electron chi connectivity index (χ4n) is 2.90. The summed E-state index contributed by atoms with van der Waals surface area (Å²) in [4.78, 5) is 16.9. The second-order valence-electron chi connectivity index (χ2n) is 5.52. The zero-order chi connectivity index (χ0) is 14.1. The van der Waals surface area contributed by atoms with E-state index in [9.17, 15) is 4.79 Å². The lowest BCUT2D eigenvalue weighted by atomic mass is 9.96. The summed E-state index contributed by atoms with van der Waals surface area (Å²) in [5.41, 5.74) is 0. The van der Waals surface area contributed by atoms with Gasteiger partial charge >= 0.3 is 0 Å². The first kappa shape index (κ1) is 16.4. The van der Waals surface area contributed by atoms with Crippen molar-refractivity contribution in [1.82, 2.24) is 9.80 Å². The third-order valence-corrected chi connectivity index (χ3v) is 3.94. The van der Waals surface area contributed by atoms with Gasteiger partial charge in [0.15, 0.2) is 0 Å². The summed E-state index contributed by atoms with van der Waals surface area (Å²) in [5, 5.41) is 8.99. The van der Waals surface area contributed by atoms with Crippen molar-refractivity contribution in [3.05, 3.63) is 0 Å². The first-order valence-electron chi connectivity index (χ1n) is 7.84. The lowest BCUT2D eigenvalue weighted by Crippen LogP contribution is -2.39. The molecule has 0 bridgehead atoms. The molecule has 4 heteroatoms. The molecule has 1 heterocycles. The Hall–Kier alpha value is -0.610. The molecule has 1 aliphatic rings. The lowest BCUT2D eigenvalue weighted by Gasteiger charge is -2.26. The minimum absolute atomic E-state index is 0.211. The summed E-state index contributed by atoms with van der Waals surface area (Å²) in [6.45, 7) is 8.85. The Morgan fingerprint density at radius 2 is 1.79 bits per heavy atom. The molecule has 0 aromatic carbocycles. The molecule has 112 valence electrons. The number of rotatable bonds is 7. The normalized spacial score (nSPS) is 17.8. The number of aliphatic hydroxyl groups is 1. The third kappa shape index (κ3) is 5.49. The molecule has 0 saturated carbocycles. The van der Waals surface area contributed by atoms with Gasteiger partial charge in [0, 0.05) is 32.1 Å². The molecule has 1 saturated heterocycles. The zero-order valence-corrected chi connectivity index (χ0v) is 12.6. The molecule has 1 aliphatic heterocycles. The topological polar surface area (TPSA) is 43.8 Å². The van der Waals surface area contributed by atoms with E-state index in [0.717, 1.165) is 64.8 Å². The quantitative estimate of drug-likeness (QED) is 0.766. The van der Waals surface area contributed by atoms with Crippen molar-refractivity contribution < 1.29 is 9.90 Å². The maximum Gasteiger partial charge on any atom is 0.225 e. The van der Waals surface area contributed by atoms with Crippen LogP contribution in [0.25, 0.3) is 0 Å². The molecule has 0 radical (unpaired) electrons. The zero-order valence-electron chi connectivity index (χ0n) is 12.6. The molecule has 0 unspecified atom stereocenters. The number of amides is 1. The fraction of sp³-hybridized carbons (Fsp3) is 0.933. The smallest absolute Gasteiger partial charge is 0.225 e. The first-order valence-corrected chi connectivity index (χ1v) is 7.84. The molecule has 19 heavy (non-hydrogen) atoms. The molecule has 1 fully saturated rings. The van der Waals surface area contributed by atoms with Crippen LogP contribution in [0.5, 0.6) is 0 Å². The van der Waals surface area contributed by atoms with E-state index in [2.05, 4.69) is 18.7 Å². The van der Waals surface area contributed by atoms with Crippen LogP contribution in [0, 0.1) is 5.92 Å². The van der Waals surface area contributed by atoms with Gasteiger partial charge in [-0.25, -0.2) is 0 Å². The van der Waals surface area contributed by atoms with Crippen molar-refractivity contribution in [1.29, 1.82) is 0 Å². The molecular weight excluding hydrogens is 240 g/mol. The van der Waals surface area contributed by atoms with Crippen LogP contribution in [0.3, 0.4) is 0 Å². The van der Waals surface area contributed by atoms with Crippen molar-refractivity contribution in [3.8, 4) is 0 Å². The predicted octanol–water partition coefficient (Wildman–Crippen LogP) is 1.73. The Bertz CT molecular complexity index is 253. The second kappa shape index (κ2) is 9.32. The van der Waals surface area contributed by atoms with Gasteiger partial charge in [0.05, 0.1) is 6.61 Å². The van der Waals surface area contributed by atoms with Gasteiger partial charge in [-0.2, -0.15) is 0 Å². The maximum atomic E-state index is 12.6. The van der Waals surface area contributed by atoms with E-state index in [1.807, 2.05) is 4.90 Å². The summed E-state index contributed by atoms with van der Waals surface area (Å²) in [6.07, 6.45) is 5.23. The van der Waals surface area contributed by atoms with Crippen molar-refractivity contribution in [2.24, 2.45) is 5.92 Å². The van der Waals surface area contributed by atoms with Crippen LogP contribution < -0.4 is 0 Å². The maximum absolute atomic E-state index is 12.6. The molecule has 1 N–H and O–H groups in total. The number of nitrogens with zero attached hydrogens (tertiary/aromatic N) is 2. The van der Waals surface area contributed by atoms with E-state index >= 15 is 0 Å². The minimum atomic E-state index is 0.211. The first-order chi connectivity index (χ1) is 9.22. The number of β-amino-alcohol motifs (C(OH)–C–C–N with tert-alkyl or cyclic N) is 1. The monoisotopic (exact) mass is 270 g/mol. The van der Waals surface area contributed by atoms with E-state index in [0.29, 0.717) is 5.91 Å². The second-order valence-corrected chi connectivity index (χ2v) is 5.52. The van der Waals surface area contributed by atoms with Crippen LogP contribution in [-0.4, -0.2) is 60.1 Å². The molecule has 0 aromatic heterocycles. The Labute approximate surface area is 117 Å². The summed E-state index contributed by atoms with van der Waals surface area (Å²) >= 11 is 0. The van der Waals surface area contributed by atoms with Crippen molar-refractivity contribution in [2.75, 3.05) is 39.3 Å². The number of hydrogen-bond donors (Lipinski definition) is 1. The van der Waals surface area contributed by atoms with Crippen LogP contribution in [0.1, 0.15) is 46.0 Å². The fourth-order valence-corrected chi connectivity index (χ4v) is 2.90. The van der Waals surface area contributed by atoms with E-state index in [-0.39, 0.29) is 12.5 Å². The molecule has 1 rings (SSSR count). The van der Waals surface area contributed by atoms with E-state index in [4.69, 9.17) is 5.11 Å². The van der Waals surface area contributed by atoms with E-state index in [1.165, 1.54) is 0 Å². The van der Waals surface area contributed by atoms with Gasteiger partial charge in [-0.05, 0) is 25.8 Å². The van der Waals surface area contributed by atoms with Gasteiger partial charge in [-0.1, -0.05) is 26.7 Å². The highest BCUT2D eigenvalue weighted by Gasteiger charge is 2.24. The number of carbonyl (C=O) groups excluding carboxylic acids is 1. The van der Waals surface area contributed by atoms with Gasteiger partial charge in [0.25, 0.3) is 0 Å². The van der Waals surface area contributed by atoms with Crippen molar-refractivity contribution >= 4 is 5.91 Å². The highest BCUT2D eigenvalue weighted by molar-refractivity contribution is 5.78. The Kier molecular flexibility index (Phi) is 8.07. The molecule has 1 amide bonds. The molecular formula is C15H30N2O2. The van der Waals surface area contributed by atoms with Gasteiger partial charge in [0.1, 0.15) is 0 Å². The summed E-state index contributed by atoms with van der Waals surface area (Å²) < 4.78 is 0. The average molecular weight is 270 g/mol. The predicted molar refractivity (Wildman–Crippen MR) is 78.0 cm³/mol. The highest BCUT2D eigenvalue weighted by atomic mass is 16.3. The lowest BCUT2D eigenvalue weighted by molar-refractivity contribution is -0.135.